The van der Waals surface area contributed by atoms with Gasteiger partial charge in [-0.2, -0.15) is 0 Å². The van der Waals surface area contributed by atoms with Crippen molar-refractivity contribution in [3.63, 3.8) is 0 Å². The molecule has 8 heteroatoms. The molecule has 5 aromatic rings. The van der Waals surface area contributed by atoms with Crippen molar-refractivity contribution < 1.29 is 29.4 Å². The highest BCUT2D eigenvalue weighted by Gasteiger charge is 2.20. The second-order valence-electron chi connectivity index (χ2n) is 9.35. The highest BCUT2D eigenvalue weighted by molar-refractivity contribution is 6.12. The van der Waals surface area contributed by atoms with E-state index in [0.717, 1.165) is 11.1 Å². The maximum Gasteiger partial charge on any atom is 0.336 e. The molecular formula is C34H24N2O6. The second kappa shape index (κ2) is 12.0. The van der Waals surface area contributed by atoms with Crippen LogP contribution in [0.2, 0.25) is 0 Å². The molecule has 5 aromatic carbocycles. The third-order valence-corrected chi connectivity index (χ3v) is 6.60. The molecule has 0 bridgehead atoms. The van der Waals surface area contributed by atoms with Crippen molar-refractivity contribution in [1.82, 2.24) is 0 Å². The van der Waals surface area contributed by atoms with Gasteiger partial charge in [0.05, 0.1) is 22.3 Å². The highest BCUT2D eigenvalue weighted by atomic mass is 16.4. The number of carbonyl (C=O) groups is 4. The number of carboxylic acids is 2. The fourth-order valence-corrected chi connectivity index (χ4v) is 4.49. The van der Waals surface area contributed by atoms with Gasteiger partial charge in [0.15, 0.2) is 0 Å². The molecule has 0 fully saturated rings. The zero-order valence-corrected chi connectivity index (χ0v) is 22.1. The Morgan fingerprint density at radius 1 is 0.405 bits per heavy atom. The van der Waals surface area contributed by atoms with Crippen LogP contribution in [-0.2, 0) is 0 Å². The van der Waals surface area contributed by atoms with E-state index in [1.807, 2.05) is 60.7 Å². The zero-order valence-electron chi connectivity index (χ0n) is 22.1. The van der Waals surface area contributed by atoms with Crippen LogP contribution in [0.3, 0.4) is 0 Å². The van der Waals surface area contributed by atoms with E-state index in [4.69, 9.17) is 0 Å². The van der Waals surface area contributed by atoms with Gasteiger partial charge in [-0.15, -0.1) is 0 Å². The number of benzene rings is 5. The summed E-state index contributed by atoms with van der Waals surface area (Å²) in [6, 6.07) is 33.9. The van der Waals surface area contributed by atoms with Gasteiger partial charge in [-0.25, -0.2) is 9.59 Å². The van der Waals surface area contributed by atoms with E-state index in [-0.39, 0.29) is 22.3 Å². The average molecular weight is 557 g/mol. The van der Waals surface area contributed by atoms with E-state index < -0.39 is 23.8 Å². The molecule has 0 unspecified atom stereocenters. The number of carbonyl (C=O) groups excluding carboxylic acids is 2. The lowest BCUT2D eigenvalue weighted by Gasteiger charge is -2.12. The number of hydrogen-bond donors (Lipinski definition) is 4. The maximum atomic E-state index is 13.0. The fraction of sp³-hybridized carbons (Fsp3) is 0. The monoisotopic (exact) mass is 556 g/mol. The Labute approximate surface area is 240 Å². The molecule has 8 nitrogen and oxygen atoms in total. The number of hydrogen-bond acceptors (Lipinski definition) is 4. The van der Waals surface area contributed by atoms with Gasteiger partial charge in [-0.05, 0) is 70.8 Å². The molecule has 0 spiro atoms. The van der Waals surface area contributed by atoms with Crippen molar-refractivity contribution in [3.05, 3.63) is 144 Å². The normalized spacial score (nSPS) is 10.5. The van der Waals surface area contributed by atoms with Crippen LogP contribution in [0, 0.1) is 0 Å². The van der Waals surface area contributed by atoms with Gasteiger partial charge in [0, 0.05) is 11.4 Å². The van der Waals surface area contributed by atoms with Crippen LogP contribution < -0.4 is 10.6 Å². The summed E-state index contributed by atoms with van der Waals surface area (Å²) in [5.74, 6) is -3.66. The molecule has 2 amide bonds. The van der Waals surface area contributed by atoms with Crippen molar-refractivity contribution in [2.75, 3.05) is 10.6 Å². The summed E-state index contributed by atoms with van der Waals surface area (Å²) in [6.45, 7) is 0. The standard InChI is InChI=1S/C34H24N2O6/c37-31(27-17-11-23(19-29(27)33(39)40)21-7-3-1-4-8-21)35-25-13-15-26(16-14-25)36-32(38)28-18-12-24(20-30(28)34(41)42)22-9-5-2-6-10-22/h1-20H,(H,35,37)(H,36,38)(H,39,40)(H,41,42). The summed E-state index contributed by atoms with van der Waals surface area (Å²) < 4.78 is 0. The Bertz CT molecular complexity index is 1670. The molecule has 0 aromatic heterocycles. The summed E-state index contributed by atoms with van der Waals surface area (Å²) in [7, 11) is 0. The Morgan fingerprint density at radius 2 is 0.762 bits per heavy atom. The van der Waals surface area contributed by atoms with Crippen molar-refractivity contribution in [2.24, 2.45) is 0 Å². The summed E-state index contributed by atoms with van der Waals surface area (Å²) >= 11 is 0. The minimum Gasteiger partial charge on any atom is -0.478 e. The summed E-state index contributed by atoms with van der Waals surface area (Å²) in [5.41, 5.74) is 3.48. The van der Waals surface area contributed by atoms with Gasteiger partial charge in [-0.1, -0.05) is 72.8 Å². The molecule has 0 aliphatic rings. The van der Waals surface area contributed by atoms with Gasteiger partial charge in [0.1, 0.15) is 0 Å². The lowest BCUT2D eigenvalue weighted by Crippen LogP contribution is -2.17. The van der Waals surface area contributed by atoms with E-state index in [0.29, 0.717) is 22.5 Å². The predicted octanol–water partition coefficient (Wildman–Crippen LogP) is 6.92. The second-order valence-corrected chi connectivity index (χ2v) is 9.35. The van der Waals surface area contributed by atoms with E-state index in [2.05, 4.69) is 10.6 Å². The van der Waals surface area contributed by atoms with Crippen LogP contribution in [0.5, 0.6) is 0 Å². The quantitative estimate of drug-likeness (QED) is 0.164. The number of nitrogens with one attached hydrogen (secondary N) is 2. The van der Waals surface area contributed by atoms with Crippen LogP contribution >= 0.6 is 0 Å². The number of aromatic carboxylic acids is 2. The number of anilines is 2. The molecular weight excluding hydrogens is 532 g/mol. The van der Waals surface area contributed by atoms with Crippen LogP contribution in [-0.4, -0.2) is 34.0 Å². The average Bonchev–Trinajstić information content (AvgIpc) is 3.02. The molecule has 42 heavy (non-hydrogen) atoms. The van der Waals surface area contributed by atoms with Gasteiger partial charge in [-0.3, -0.25) is 9.59 Å². The van der Waals surface area contributed by atoms with E-state index >= 15 is 0 Å². The van der Waals surface area contributed by atoms with Crippen molar-refractivity contribution >= 4 is 35.1 Å². The number of amides is 2. The molecule has 5 rings (SSSR count). The lowest BCUT2D eigenvalue weighted by molar-refractivity contribution is 0.0683. The largest absolute Gasteiger partial charge is 0.478 e. The van der Waals surface area contributed by atoms with E-state index in [1.165, 1.54) is 24.3 Å². The van der Waals surface area contributed by atoms with Crippen LogP contribution in [0.25, 0.3) is 22.3 Å². The van der Waals surface area contributed by atoms with Crippen molar-refractivity contribution in [3.8, 4) is 22.3 Å². The predicted molar refractivity (Wildman–Crippen MR) is 160 cm³/mol. The number of carboxylic acid groups (broad SMARTS) is 2. The first-order valence-corrected chi connectivity index (χ1v) is 12.9. The van der Waals surface area contributed by atoms with Gasteiger partial charge in [0.2, 0.25) is 0 Å². The Hall–Kier alpha value is -6.02. The Morgan fingerprint density at radius 3 is 1.10 bits per heavy atom. The minimum atomic E-state index is -1.23. The van der Waals surface area contributed by atoms with Crippen LogP contribution in [0.4, 0.5) is 11.4 Å². The zero-order chi connectivity index (χ0) is 29.6. The van der Waals surface area contributed by atoms with Crippen LogP contribution in [0.15, 0.2) is 121 Å². The minimum absolute atomic E-state index is 0.000268. The van der Waals surface area contributed by atoms with E-state index in [9.17, 15) is 29.4 Å². The Kier molecular flexibility index (Phi) is 7.88. The lowest BCUT2D eigenvalue weighted by atomic mass is 9.98. The van der Waals surface area contributed by atoms with Gasteiger partial charge >= 0.3 is 11.9 Å². The third kappa shape index (κ3) is 6.08. The molecule has 206 valence electrons. The molecule has 0 saturated heterocycles. The molecule has 0 aliphatic carbocycles. The number of rotatable bonds is 8. The fourth-order valence-electron chi connectivity index (χ4n) is 4.49. The molecule has 0 aliphatic heterocycles. The summed E-state index contributed by atoms with van der Waals surface area (Å²) in [5, 5.41) is 24.8. The van der Waals surface area contributed by atoms with Gasteiger partial charge in [0.25, 0.3) is 11.8 Å². The first-order chi connectivity index (χ1) is 20.3. The molecule has 0 atom stereocenters. The summed E-state index contributed by atoms with van der Waals surface area (Å²) in [4.78, 5) is 49.8. The molecule has 0 radical (unpaired) electrons. The topological polar surface area (TPSA) is 133 Å². The van der Waals surface area contributed by atoms with Gasteiger partial charge < -0.3 is 20.8 Å². The van der Waals surface area contributed by atoms with E-state index in [1.54, 1.807) is 36.4 Å². The molecule has 4 N–H and O–H groups in total. The molecule has 0 saturated carbocycles. The third-order valence-electron chi connectivity index (χ3n) is 6.60. The van der Waals surface area contributed by atoms with Crippen molar-refractivity contribution in [2.45, 2.75) is 0 Å². The van der Waals surface area contributed by atoms with Crippen molar-refractivity contribution in [1.29, 1.82) is 0 Å². The SMILES string of the molecule is O=C(O)c1cc(-c2ccccc2)ccc1C(=O)Nc1ccc(NC(=O)c2ccc(-c3ccccc3)cc2C(=O)O)cc1. The first-order valence-electron chi connectivity index (χ1n) is 12.9. The Balaban J connectivity index is 1.30. The van der Waals surface area contributed by atoms with Crippen LogP contribution in [0.1, 0.15) is 41.4 Å². The summed E-state index contributed by atoms with van der Waals surface area (Å²) in [6.07, 6.45) is 0. The first kappa shape index (κ1) is 27.5. The molecule has 0 heterocycles. The smallest absolute Gasteiger partial charge is 0.336 e. The highest BCUT2D eigenvalue weighted by Crippen LogP contribution is 2.25. The maximum absolute atomic E-state index is 13.0.